The van der Waals surface area contributed by atoms with E-state index < -0.39 is 46.8 Å². The lowest BCUT2D eigenvalue weighted by Gasteiger charge is -2.21. The lowest BCUT2D eigenvalue weighted by molar-refractivity contribution is -0.291. The number of carbonyl (C=O) groups excluding carboxylic acids is 2. The maximum absolute atomic E-state index is 14.5. The van der Waals surface area contributed by atoms with E-state index in [1.807, 2.05) is 0 Å². The van der Waals surface area contributed by atoms with Gasteiger partial charge in [0.05, 0.1) is 17.6 Å². The first kappa shape index (κ1) is 26.6. The molecular weight excluding hydrogens is 520 g/mol. The molecule has 4 rings (SSSR count). The predicted octanol–water partition coefficient (Wildman–Crippen LogP) is 4.36. The van der Waals surface area contributed by atoms with Gasteiger partial charge in [-0.3, -0.25) is 14.3 Å². The maximum atomic E-state index is 14.5. The Kier molecular flexibility index (Phi) is 6.63. The first-order valence-electron chi connectivity index (χ1n) is 10.9. The van der Waals surface area contributed by atoms with E-state index in [2.05, 4.69) is 20.5 Å². The molecule has 0 aliphatic heterocycles. The number of benzene rings is 1. The van der Waals surface area contributed by atoms with Crippen molar-refractivity contribution in [2.45, 2.75) is 25.6 Å². The summed E-state index contributed by atoms with van der Waals surface area (Å²) in [4.78, 5) is 30.8. The van der Waals surface area contributed by atoms with Crippen LogP contribution in [-0.2, 0) is 12.5 Å². The minimum atomic E-state index is -5.99. The van der Waals surface area contributed by atoms with E-state index in [0.29, 0.717) is 6.07 Å². The van der Waals surface area contributed by atoms with Crippen molar-refractivity contribution in [1.29, 1.82) is 0 Å². The van der Waals surface area contributed by atoms with E-state index in [4.69, 9.17) is 0 Å². The van der Waals surface area contributed by atoms with Crippen LogP contribution in [-0.4, -0.2) is 61.4 Å². The molecule has 0 saturated carbocycles. The molecule has 0 aliphatic carbocycles. The number of amides is 2. The summed E-state index contributed by atoms with van der Waals surface area (Å²) < 4.78 is 83.9. The predicted molar refractivity (Wildman–Crippen MR) is 122 cm³/mol. The molecule has 200 valence electrons. The quantitative estimate of drug-likeness (QED) is 0.368. The molecule has 3 heterocycles. The van der Waals surface area contributed by atoms with E-state index >= 15 is 0 Å². The van der Waals surface area contributed by atoms with Crippen molar-refractivity contribution in [2.75, 3.05) is 19.4 Å². The first-order chi connectivity index (χ1) is 17.7. The number of hydrogen-bond acceptors (Lipinski definition) is 5. The first-order valence-corrected chi connectivity index (χ1v) is 10.9. The molecule has 2 amide bonds. The van der Waals surface area contributed by atoms with Crippen molar-refractivity contribution in [3.63, 3.8) is 0 Å². The third-order valence-electron chi connectivity index (χ3n) is 5.47. The van der Waals surface area contributed by atoms with Gasteiger partial charge in [0.25, 0.3) is 11.8 Å². The van der Waals surface area contributed by atoms with Crippen molar-refractivity contribution in [1.82, 2.24) is 29.3 Å². The second-order valence-corrected chi connectivity index (χ2v) is 8.28. The highest BCUT2D eigenvalue weighted by Gasteiger charge is 2.60. The van der Waals surface area contributed by atoms with Gasteiger partial charge in [-0.25, -0.2) is 13.9 Å². The molecular formula is C23H19F6N7O2. The van der Waals surface area contributed by atoms with Crippen molar-refractivity contribution in [3.8, 4) is 11.3 Å². The Morgan fingerprint density at radius 3 is 2.29 bits per heavy atom. The van der Waals surface area contributed by atoms with E-state index in [1.54, 1.807) is 6.92 Å². The van der Waals surface area contributed by atoms with Gasteiger partial charge in [0.15, 0.2) is 11.3 Å². The number of carbonyl (C=O) groups is 2. The molecule has 3 aromatic heterocycles. The van der Waals surface area contributed by atoms with Gasteiger partial charge in [-0.1, -0.05) is 0 Å². The normalized spacial score (nSPS) is 12.1. The number of fused-ring (bicyclic) bond motifs is 1. The van der Waals surface area contributed by atoms with Crippen LogP contribution in [0.3, 0.4) is 0 Å². The largest absolute Gasteiger partial charge is 0.459 e. The molecule has 0 saturated heterocycles. The van der Waals surface area contributed by atoms with Gasteiger partial charge in [0.2, 0.25) is 0 Å². The van der Waals surface area contributed by atoms with Crippen molar-refractivity contribution in [2.24, 2.45) is 0 Å². The van der Waals surface area contributed by atoms with E-state index in [-0.39, 0.29) is 33.7 Å². The minimum Gasteiger partial charge on any atom is -0.343 e. The summed E-state index contributed by atoms with van der Waals surface area (Å²) in [5, 5.41) is 10.1. The van der Waals surface area contributed by atoms with Crippen LogP contribution in [0.2, 0.25) is 0 Å². The molecule has 1 N–H and O–H groups in total. The number of alkyl halides is 5. The minimum absolute atomic E-state index is 0.0200. The lowest BCUT2D eigenvalue weighted by atomic mass is 10.1. The Morgan fingerprint density at radius 2 is 1.71 bits per heavy atom. The smallest absolute Gasteiger partial charge is 0.343 e. The lowest BCUT2D eigenvalue weighted by Crippen LogP contribution is -2.36. The summed E-state index contributed by atoms with van der Waals surface area (Å²) in [5.41, 5.74) is -2.92. The SMILES string of the molecule is CCn1ncc(NC(=O)c2cc3nc(-c4ccc(F)cc4)cc(C(F)(F)C(F)(F)F)n3n2)c1C(=O)N(C)C. The number of nitrogens with one attached hydrogen (secondary N) is 1. The summed E-state index contributed by atoms with van der Waals surface area (Å²) in [6, 6.07) is 5.67. The Balaban J connectivity index is 1.82. The van der Waals surface area contributed by atoms with Gasteiger partial charge >= 0.3 is 12.1 Å². The fourth-order valence-electron chi connectivity index (χ4n) is 3.56. The van der Waals surface area contributed by atoms with Crippen molar-refractivity contribution in [3.05, 3.63) is 65.5 Å². The second kappa shape index (κ2) is 9.46. The monoisotopic (exact) mass is 539 g/mol. The van der Waals surface area contributed by atoms with Crippen LogP contribution in [0, 0.1) is 5.82 Å². The Bertz CT molecular complexity index is 1520. The molecule has 0 fully saturated rings. The molecule has 0 bridgehead atoms. The number of anilines is 1. The Hall–Kier alpha value is -4.43. The van der Waals surface area contributed by atoms with Gasteiger partial charge < -0.3 is 10.2 Å². The molecule has 4 aromatic rings. The van der Waals surface area contributed by atoms with Gasteiger partial charge in [-0.2, -0.15) is 32.1 Å². The number of nitrogens with zero attached hydrogens (tertiary/aromatic N) is 6. The molecule has 9 nitrogen and oxygen atoms in total. The zero-order valence-corrected chi connectivity index (χ0v) is 20.0. The number of aromatic nitrogens is 5. The van der Waals surface area contributed by atoms with Gasteiger partial charge in [-0.05, 0) is 37.3 Å². The van der Waals surface area contributed by atoms with Crippen molar-refractivity contribution >= 4 is 23.1 Å². The number of halogens is 6. The molecule has 0 aliphatic rings. The molecule has 0 unspecified atom stereocenters. The Morgan fingerprint density at radius 1 is 1.05 bits per heavy atom. The summed E-state index contributed by atoms with van der Waals surface area (Å²) >= 11 is 0. The van der Waals surface area contributed by atoms with Crippen LogP contribution >= 0.6 is 0 Å². The third kappa shape index (κ3) is 4.66. The summed E-state index contributed by atoms with van der Waals surface area (Å²) in [6.45, 7) is 1.99. The molecule has 15 heteroatoms. The van der Waals surface area contributed by atoms with Crippen LogP contribution in [0.4, 0.5) is 32.0 Å². The summed E-state index contributed by atoms with van der Waals surface area (Å²) in [7, 11) is 2.96. The van der Waals surface area contributed by atoms with Gasteiger partial charge in [0, 0.05) is 32.3 Å². The molecule has 1 aromatic carbocycles. The summed E-state index contributed by atoms with van der Waals surface area (Å²) in [6.07, 6.45) is -4.80. The highest BCUT2D eigenvalue weighted by atomic mass is 19.4. The Labute approximate surface area is 210 Å². The van der Waals surface area contributed by atoms with Crippen molar-refractivity contribution < 1.29 is 35.9 Å². The summed E-state index contributed by atoms with van der Waals surface area (Å²) in [5.74, 6) is -7.54. The van der Waals surface area contributed by atoms with E-state index in [1.165, 1.54) is 29.9 Å². The zero-order valence-electron chi connectivity index (χ0n) is 20.0. The fourth-order valence-corrected chi connectivity index (χ4v) is 3.56. The van der Waals surface area contributed by atoms with Gasteiger partial charge in [0.1, 0.15) is 17.2 Å². The molecule has 0 radical (unpaired) electrons. The number of aryl methyl sites for hydroxylation is 1. The van der Waals surface area contributed by atoms with Gasteiger partial charge in [-0.15, -0.1) is 0 Å². The average molecular weight is 539 g/mol. The highest BCUT2D eigenvalue weighted by molar-refractivity contribution is 6.07. The third-order valence-corrected chi connectivity index (χ3v) is 5.47. The van der Waals surface area contributed by atoms with Crippen LogP contribution < -0.4 is 5.32 Å². The fraction of sp³-hybridized carbons (Fsp3) is 0.261. The molecule has 0 atom stereocenters. The number of hydrogen-bond donors (Lipinski definition) is 1. The van der Waals surface area contributed by atoms with Crippen LogP contribution in [0.25, 0.3) is 16.9 Å². The zero-order chi connectivity index (χ0) is 28.0. The molecule has 38 heavy (non-hydrogen) atoms. The second-order valence-electron chi connectivity index (χ2n) is 8.28. The van der Waals surface area contributed by atoms with Crippen LogP contribution in [0.1, 0.15) is 33.6 Å². The van der Waals surface area contributed by atoms with Crippen LogP contribution in [0.5, 0.6) is 0 Å². The number of rotatable bonds is 6. The highest BCUT2D eigenvalue weighted by Crippen LogP contribution is 2.44. The topological polar surface area (TPSA) is 97.4 Å². The van der Waals surface area contributed by atoms with Crippen LogP contribution in [0.15, 0.2) is 42.6 Å². The molecule has 0 spiro atoms. The standard InChI is InChI=1S/C23H19F6N7O2/c1-4-35-19(21(38)34(2)3)16(11-30-35)32-20(37)15-10-18-31-14(12-5-7-13(24)8-6-12)9-17(36(18)33-15)22(25,26)23(27,28)29/h5-11H,4H2,1-3H3,(H,32,37). The average Bonchev–Trinajstić information content (AvgIpc) is 3.46. The maximum Gasteiger partial charge on any atom is 0.459 e. The van der Waals surface area contributed by atoms with E-state index in [9.17, 15) is 35.9 Å². The van der Waals surface area contributed by atoms with E-state index in [0.717, 1.165) is 30.3 Å².